The van der Waals surface area contributed by atoms with E-state index in [-0.39, 0.29) is 0 Å². The highest BCUT2D eigenvalue weighted by atomic mass is 16.1. The van der Waals surface area contributed by atoms with Crippen LogP contribution in [0.4, 0.5) is 0 Å². The third kappa shape index (κ3) is 0.717. The van der Waals surface area contributed by atoms with E-state index in [1.54, 1.807) is 0 Å². The van der Waals surface area contributed by atoms with Crippen molar-refractivity contribution < 1.29 is 4.79 Å². The molecule has 1 saturated carbocycles. The summed E-state index contributed by atoms with van der Waals surface area (Å²) in [7, 11) is 0. The van der Waals surface area contributed by atoms with Crippen LogP contribution in [-0.2, 0) is 4.79 Å². The molecule has 3 fully saturated rings. The fraction of sp³-hybridized carbons (Fsp3) is 0.875. The minimum atomic E-state index is 0.415. The van der Waals surface area contributed by atoms with Crippen molar-refractivity contribution in [2.45, 2.75) is 13.3 Å². The lowest BCUT2D eigenvalue weighted by Crippen LogP contribution is -2.55. The largest absolute Gasteiger partial charge is 0.302 e. The zero-order valence-electron chi connectivity index (χ0n) is 6.34. The summed E-state index contributed by atoms with van der Waals surface area (Å²) in [5.41, 5.74) is 0. The lowest BCUT2D eigenvalue weighted by molar-refractivity contribution is -0.143. The van der Waals surface area contributed by atoms with E-state index in [2.05, 4.69) is 11.8 Å². The van der Waals surface area contributed by atoms with Crippen molar-refractivity contribution in [3.63, 3.8) is 0 Å². The van der Waals surface area contributed by atoms with E-state index in [0.717, 1.165) is 19.6 Å². The number of rotatable bonds is 1. The molecule has 0 unspecified atom stereocenters. The summed E-state index contributed by atoms with van der Waals surface area (Å²) in [5.74, 6) is 1.36. The Balaban J connectivity index is 1.99. The summed E-state index contributed by atoms with van der Waals surface area (Å²) in [5, 5.41) is 0. The van der Waals surface area contributed by atoms with Gasteiger partial charge in [0.1, 0.15) is 5.78 Å². The number of carbonyl (C=O) groups is 1. The molecule has 0 aromatic heterocycles. The molecule has 2 heteroatoms. The van der Waals surface area contributed by atoms with Gasteiger partial charge in [-0.15, -0.1) is 0 Å². The second-order valence-electron chi connectivity index (χ2n) is 3.38. The van der Waals surface area contributed by atoms with Crippen LogP contribution in [0.3, 0.4) is 0 Å². The second-order valence-corrected chi connectivity index (χ2v) is 3.38. The summed E-state index contributed by atoms with van der Waals surface area (Å²) in [6.45, 7) is 5.34. The van der Waals surface area contributed by atoms with E-state index in [0.29, 0.717) is 17.6 Å². The number of hydrogen-bond acceptors (Lipinski definition) is 2. The van der Waals surface area contributed by atoms with Gasteiger partial charge in [0.15, 0.2) is 0 Å². The zero-order valence-corrected chi connectivity index (χ0v) is 6.34. The molecular formula is C8H13NO. The third-order valence-electron chi connectivity index (χ3n) is 2.78. The molecule has 0 aromatic carbocycles. The van der Waals surface area contributed by atoms with Crippen LogP contribution >= 0.6 is 0 Å². The summed E-state index contributed by atoms with van der Waals surface area (Å²) in [6, 6.07) is 0. The molecule has 2 heterocycles. The summed E-state index contributed by atoms with van der Waals surface area (Å²) >= 11 is 0. The molecule has 0 radical (unpaired) electrons. The van der Waals surface area contributed by atoms with Crippen LogP contribution in [-0.4, -0.2) is 30.3 Å². The number of ketones is 1. The zero-order chi connectivity index (χ0) is 7.14. The van der Waals surface area contributed by atoms with Crippen LogP contribution in [0.25, 0.3) is 0 Å². The number of nitrogens with zero attached hydrogens (tertiary/aromatic N) is 1. The highest BCUT2D eigenvalue weighted by Gasteiger charge is 2.44. The molecule has 0 spiro atoms. The van der Waals surface area contributed by atoms with Gasteiger partial charge in [-0.05, 0) is 13.0 Å². The molecule has 3 aliphatic rings. The average Bonchev–Trinajstić information content (AvgIpc) is 2.04. The van der Waals surface area contributed by atoms with Gasteiger partial charge < -0.3 is 4.90 Å². The predicted molar refractivity (Wildman–Crippen MR) is 38.7 cm³/mol. The lowest BCUT2D eigenvalue weighted by Gasteiger charge is -2.45. The lowest BCUT2D eigenvalue weighted by atomic mass is 9.70. The standard InChI is InChI=1S/C8H13NO/c1-2-9-4-6-3-7(5-9)8(6)10/h6-7H,2-5H2,1H3/t6-,7-/m0/s1. The molecule has 56 valence electrons. The number of Topliss-reactive ketones (excluding diaryl/α,β-unsaturated/α-hetero) is 1. The van der Waals surface area contributed by atoms with Gasteiger partial charge in [0.2, 0.25) is 0 Å². The van der Waals surface area contributed by atoms with Crippen molar-refractivity contribution in [2.24, 2.45) is 11.8 Å². The number of hydrogen-bond donors (Lipinski definition) is 0. The highest BCUT2D eigenvalue weighted by Crippen LogP contribution is 2.35. The maximum Gasteiger partial charge on any atom is 0.141 e. The monoisotopic (exact) mass is 139 g/mol. The SMILES string of the molecule is CCN1C[C@@H]2C[C@@H](C1)C2=O. The van der Waals surface area contributed by atoms with Crippen LogP contribution < -0.4 is 0 Å². The molecule has 2 nitrogen and oxygen atoms in total. The number of piperidine rings is 2. The molecule has 10 heavy (non-hydrogen) atoms. The molecule has 3 rings (SSSR count). The first-order valence-electron chi connectivity index (χ1n) is 4.07. The Bertz CT molecular complexity index is 153. The maximum atomic E-state index is 11.1. The Labute approximate surface area is 61.2 Å². The van der Waals surface area contributed by atoms with Crippen molar-refractivity contribution >= 4 is 5.78 Å². The van der Waals surface area contributed by atoms with Crippen LogP contribution in [0.2, 0.25) is 0 Å². The van der Waals surface area contributed by atoms with E-state index in [1.807, 2.05) is 0 Å². The molecule has 2 aliphatic heterocycles. The Morgan fingerprint density at radius 3 is 2.50 bits per heavy atom. The minimum Gasteiger partial charge on any atom is -0.302 e. The topological polar surface area (TPSA) is 20.3 Å². The Hall–Kier alpha value is -0.370. The first-order valence-corrected chi connectivity index (χ1v) is 4.07. The molecule has 2 atom stereocenters. The maximum absolute atomic E-state index is 11.1. The van der Waals surface area contributed by atoms with E-state index in [1.165, 1.54) is 6.42 Å². The van der Waals surface area contributed by atoms with Gasteiger partial charge in [-0.1, -0.05) is 6.92 Å². The van der Waals surface area contributed by atoms with Crippen LogP contribution in [0.15, 0.2) is 0 Å². The Morgan fingerprint density at radius 1 is 1.50 bits per heavy atom. The molecular weight excluding hydrogens is 126 g/mol. The predicted octanol–water partition coefficient (Wildman–Crippen LogP) is 0.527. The first-order chi connectivity index (χ1) is 4.81. The van der Waals surface area contributed by atoms with Crippen LogP contribution in [0.5, 0.6) is 0 Å². The smallest absolute Gasteiger partial charge is 0.141 e. The quantitative estimate of drug-likeness (QED) is 0.528. The van der Waals surface area contributed by atoms with Gasteiger partial charge in [0, 0.05) is 24.9 Å². The van der Waals surface area contributed by atoms with E-state index >= 15 is 0 Å². The Morgan fingerprint density at radius 2 is 2.10 bits per heavy atom. The fourth-order valence-corrected chi connectivity index (χ4v) is 2.03. The van der Waals surface area contributed by atoms with Crippen molar-refractivity contribution in [3.8, 4) is 0 Å². The van der Waals surface area contributed by atoms with Crippen molar-refractivity contribution in [1.82, 2.24) is 4.90 Å². The molecule has 2 bridgehead atoms. The summed E-state index contributed by atoms with van der Waals surface area (Å²) in [6.07, 6.45) is 1.18. The molecule has 0 aromatic rings. The van der Waals surface area contributed by atoms with Gasteiger partial charge in [-0.25, -0.2) is 0 Å². The van der Waals surface area contributed by atoms with Gasteiger partial charge in [0.25, 0.3) is 0 Å². The number of carbonyl (C=O) groups excluding carboxylic acids is 1. The third-order valence-corrected chi connectivity index (χ3v) is 2.78. The second kappa shape index (κ2) is 2.06. The average molecular weight is 139 g/mol. The molecule has 0 N–H and O–H groups in total. The van der Waals surface area contributed by atoms with E-state index < -0.39 is 0 Å². The van der Waals surface area contributed by atoms with Gasteiger partial charge in [-0.3, -0.25) is 4.79 Å². The summed E-state index contributed by atoms with van der Waals surface area (Å²) < 4.78 is 0. The summed E-state index contributed by atoms with van der Waals surface area (Å²) in [4.78, 5) is 13.5. The Kier molecular flexibility index (Phi) is 1.31. The molecule has 0 amide bonds. The van der Waals surface area contributed by atoms with E-state index in [4.69, 9.17) is 0 Å². The molecule has 2 saturated heterocycles. The van der Waals surface area contributed by atoms with Gasteiger partial charge in [-0.2, -0.15) is 0 Å². The van der Waals surface area contributed by atoms with Crippen molar-refractivity contribution in [1.29, 1.82) is 0 Å². The molecule has 1 aliphatic carbocycles. The minimum absolute atomic E-state index is 0.415. The fourth-order valence-electron chi connectivity index (χ4n) is 2.03. The van der Waals surface area contributed by atoms with Gasteiger partial charge in [0.05, 0.1) is 0 Å². The normalized spacial score (nSPS) is 39.5. The van der Waals surface area contributed by atoms with Crippen LogP contribution in [0, 0.1) is 11.8 Å². The van der Waals surface area contributed by atoms with E-state index in [9.17, 15) is 4.79 Å². The van der Waals surface area contributed by atoms with Crippen molar-refractivity contribution in [3.05, 3.63) is 0 Å². The van der Waals surface area contributed by atoms with Gasteiger partial charge >= 0.3 is 0 Å². The number of fused-ring (bicyclic) bond motifs is 2. The first kappa shape index (κ1) is 6.35. The highest BCUT2D eigenvalue weighted by molar-refractivity contribution is 5.90. The van der Waals surface area contributed by atoms with Crippen LogP contribution in [0.1, 0.15) is 13.3 Å². The van der Waals surface area contributed by atoms with Crippen molar-refractivity contribution in [2.75, 3.05) is 19.6 Å².